The minimum atomic E-state index is 0.436. The number of hydrogen-bond donors (Lipinski definition) is 2. The van der Waals surface area contributed by atoms with Gasteiger partial charge in [0.25, 0.3) is 0 Å². The molecule has 0 amide bonds. The van der Waals surface area contributed by atoms with Crippen molar-refractivity contribution in [2.45, 2.75) is 6.92 Å². The average molecular weight is 274 g/mol. The number of benzene rings is 1. The Morgan fingerprint density at radius 3 is 2.58 bits per heavy atom. The Hall–Kier alpha value is -2.21. The van der Waals surface area contributed by atoms with Gasteiger partial charge in [-0.2, -0.15) is 0 Å². The summed E-state index contributed by atoms with van der Waals surface area (Å²) in [6.45, 7) is 2.73. The van der Waals surface area contributed by atoms with Crippen molar-refractivity contribution in [1.82, 2.24) is 15.5 Å². The van der Waals surface area contributed by atoms with Crippen molar-refractivity contribution in [2.24, 2.45) is 0 Å². The maximum absolute atomic E-state index is 5.54. The van der Waals surface area contributed by atoms with Crippen LogP contribution in [0.1, 0.15) is 6.92 Å². The standard InChI is InChI=1S/C13H14N4OS/c1-2-14-13(19)15-11-8-9-12(17-16-11)18-10-6-4-3-5-7-10/h3-9H,2H2,1H3,(H2,14,15,16,19). The predicted octanol–water partition coefficient (Wildman–Crippen LogP) is 2.58. The molecule has 0 saturated heterocycles. The summed E-state index contributed by atoms with van der Waals surface area (Å²) in [5.74, 6) is 1.73. The summed E-state index contributed by atoms with van der Waals surface area (Å²) >= 11 is 5.05. The third kappa shape index (κ3) is 4.18. The van der Waals surface area contributed by atoms with Crippen molar-refractivity contribution in [1.29, 1.82) is 0 Å². The maximum atomic E-state index is 5.54. The second-order valence-corrected chi connectivity index (χ2v) is 4.06. The van der Waals surface area contributed by atoms with Crippen LogP contribution >= 0.6 is 12.2 Å². The summed E-state index contributed by atoms with van der Waals surface area (Å²) < 4.78 is 5.54. The van der Waals surface area contributed by atoms with Crippen LogP contribution in [0, 0.1) is 0 Å². The molecule has 2 aromatic rings. The fourth-order valence-electron chi connectivity index (χ4n) is 1.37. The molecule has 0 unspecified atom stereocenters. The van der Waals surface area contributed by atoms with Gasteiger partial charge in [0.2, 0.25) is 5.88 Å². The summed E-state index contributed by atoms with van der Waals surface area (Å²) in [5, 5.41) is 14.4. The summed E-state index contributed by atoms with van der Waals surface area (Å²) in [7, 11) is 0. The Labute approximate surface area is 117 Å². The van der Waals surface area contributed by atoms with E-state index >= 15 is 0 Å². The molecule has 0 radical (unpaired) electrons. The summed E-state index contributed by atoms with van der Waals surface area (Å²) in [5.41, 5.74) is 0. The molecule has 0 saturated carbocycles. The number of para-hydroxylation sites is 1. The topological polar surface area (TPSA) is 59.1 Å². The molecule has 0 spiro atoms. The molecule has 0 aliphatic heterocycles. The molecule has 0 atom stereocenters. The quantitative estimate of drug-likeness (QED) is 0.836. The second kappa shape index (κ2) is 6.65. The van der Waals surface area contributed by atoms with E-state index in [9.17, 15) is 0 Å². The van der Waals surface area contributed by atoms with Crippen LogP contribution < -0.4 is 15.4 Å². The first-order chi connectivity index (χ1) is 9.28. The minimum absolute atomic E-state index is 0.436. The van der Waals surface area contributed by atoms with Gasteiger partial charge in [-0.25, -0.2) is 0 Å². The van der Waals surface area contributed by atoms with E-state index in [4.69, 9.17) is 17.0 Å². The van der Waals surface area contributed by atoms with E-state index in [0.29, 0.717) is 16.8 Å². The monoisotopic (exact) mass is 274 g/mol. The predicted molar refractivity (Wildman–Crippen MR) is 78.4 cm³/mol. The Kier molecular flexibility index (Phi) is 4.63. The van der Waals surface area contributed by atoms with Crippen molar-refractivity contribution in [2.75, 3.05) is 11.9 Å². The average Bonchev–Trinajstić information content (AvgIpc) is 2.42. The molecule has 2 N–H and O–H groups in total. The lowest BCUT2D eigenvalue weighted by atomic mass is 10.3. The number of anilines is 1. The lowest BCUT2D eigenvalue weighted by Gasteiger charge is -2.08. The lowest BCUT2D eigenvalue weighted by molar-refractivity contribution is 0.455. The summed E-state index contributed by atoms with van der Waals surface area (Å²) in [6.07, 6.45) is 0. The molecule has 0 fully saturated rings. The molecule has 1 aromatic heterocycles. The first-order valence-corrected chi connectivity index (χ1v) is 6.30. The molecule has 0 bridgehead atoms. The second-order valence-electron chi connectivity index (χ2n) is 3.66. The van der Waals surface area contributed by atoms with E-state index in [1.807, 2.05) is 37.3 Å². The van der Waals surface area contributed by atoms with Gasteiger partial charge in [0, 0.05) is 12.6 Å². The van der Waals surface area contributed by atoms with Crippen LogP contribution in [-0.4, -0.2) is 21.9 Å². The van der Waals surface area contributed by atoms with Crippen LogP contribution in [0.15, 0.2) is 42.5 Å². The highest BCUT2D eigenvalue weighted by molar-refractivity contribution is 7.80. The normalized spacial score (nSPS) is 9.74. The Morgan fingerprint density at radius 2 is 1.95 bits per heavy atom. The smallest absolute Gasteiger partial charge is 0.238 e. The van der Waals surface area contributed by atoms with Gasteiger partial charge in [-0.05, 0) is 37.3 Å². The van der Waals surface area contributed by atoms with Gasteiger partial charge < -0.3 is 15.4 Å². The van der Waals surface area contributed by atoms with Gasteiger partial charge >= 0.3 is 0 Å². The number of nitrogens with one attached hydrogen (secondary N) is 2. The zero-order chi connectivity index (χ0) is 13.5. The third-order valence-electron chi connectivity index (χ3n) is 2.18. The van der Waals surface area contributed by atoms with Crippen molar-refractivity contribution in [3.8, 4) is 11.6 Å². The largest absolute Gasteiger partial charge is 0.438 e. The molecule has 1 aromatic carbocycles. The fourth-order valence-corrected chi connectivity index (χ4v) is 1.62. The van der Waals surface area contributed by atoms with Crippen molar-refractivity contribution in [3.63, 3.8) is 0 Å². The van der Waals surface area contributed by atoms with Crippen LogP contribution in [-0.2, 0) is 0 Å². The first kappa shape index (κ1) is 13.2. The van der Waals surface area contributed by atoms with Gasteiger partial charge in [-0.15, -0.1) is 10.2 Å². The van der Waals surface area contributed by atoms with Crippen molar-refractivity contribution < 1.29 is 4.74 Å². The highest BCUT2D eigenvalue weighted by Crippen LogP contribution is 2.18. The van der Waals surface area contributed by atoms with Crippen molar-refractivity contribution >= 4 is 23.1 Å². The van der Waals surface area contributed by atoms with Crippen molar-refractivity contribution in [3.05, 3.63) is 42.5 Å². The molecule has 0 aliphatic carbocycles. The summed E-state index contributed by atoms with van der Waals surface area (Å²) in [6, 6.07) is 12.9. The van der Waals surface area contributed by atoms with Gasteiger partial charge in [0.15, 0.2) is 10.9 Å². The molecule has 2 rings (SSSR count). The van der Waals surface area contributed by atoms with E-state index in [1.54, 1.807) is 12.1 Å². The van der Waals surface area contributed by atoms with Gasteiger partial charge in [0.05, 0.1) is 0 Å². The van der Waals surface area contributed by atoms with Gasteiger partial charge in [0.1, 0.15) is 5.75 Å². The number of nitrogens with zero attached hydrogens (tertiary/aromatic N) is 2. The van der Waals surface area contributed by atoms with E-state index in [0.717, 1.165) is 12.3 Å². The van der Waals surface area contributed by atoms with Gasteiger partial charge in [-0.3, -0.25) is 0 Å². The third-order valence-corrected chi connectivity index (χ3v) is 2.43. The minimum Gasteiger partial charge on any atom is -0.438 e. The number of rotatable bonds is 4. The van der Waals surface area contributed by atoms with E-state index in [-0.39, 0.29) is 0 Å². The number of thiocarbonyl (C=S) groups is 1. The zero-order valence-corrected chi connectivity index (χ0v) is 11.3. The Balaban J connectivity index is 1.97. The van der Waals surface area contributed by atoms with Crippen LogP contribution in [0.5, 0.6) is 11.6 Å². The molecule has 0 aliphatic rings. The van der Waals surface area contributed by atoms with Crippen LogP contribution in [0.3, 0.4) is 0 Å². The van der Waals surface area contributed by atoms with Crippen LogP contribution in [0.25, 0.3) is 0 Å². The first-order valence-electron chi connectivity index (χ1n) is 5.89. The Bertz CT molecular complexity index is 530. The highest BCUT2D eigenvalue weighted by Gasteiger charge is 2.01. The highest BCUT2D eigenvalue weighted by atomic mass is 32.1. The van der Waals surface area contributed by atoms with E-state index in [1.165, 1.54) is 0 Å². The number of ether oxygens (including phenoxy) is 1. The van der Waals surface area contributed by atoms with E-state index in [2.05, 4.69) is 20.8 Å². The van der Waals surface area contributed by atoms with Crippen LogP contribution in [0.2, 0.25) is 0 Å². The molecule has 6 heteroatoms. The van der Waals surface area contributed by atoms with Crippen LogP contribution in [0.4, 0.5) is 5.82 Å². The van der Waals surface area contributed by atoms with E-state index < -0.39 is 0 Å². The molecular formula is C13H14N4OS. The molecular weight excluding hydrogens is 260 g/mol. The summed E-state index contributed by atoms with van der Waals surface area (Å²) in [4.78, 5) is 0. The fraction of sp³-hybridized carbons (Fsp3) is 0.154. The molecule has 1 heterocycles. The molecule has 98 valence electrons. The zero-order valence-electron chi connectivity index (χ0n) is 10.5. The number of aromatic nitrogens is 2. The molecule has 5 nitrogen and oxygen atoms in total. The lowest BCUT2D eigenvalue weighted by Crippen LogP contribution is -2.28. The number of hydrogen-bond acceptors (Lipinski definition) is 4. The van der Waals surface area contributed by atoms with Gasteiger partial charge in [-0.1, -0.05) is 18.2 Å². The SMILES string of the molecule is CCNC(=S)Nc1ccc(Oc2ccccc2)nn1. The Morgan fingerprint density at radius 1 is 1.16 bits per heavy atom. The maximum Gasteiger partial charge on any atom is 0.238 e. The molecule has 19 heavy (non-hydrogen) atoms.